The van der Waals surface area contributed by atoms with Crippen molar-refractivity contribution in [1.82, 2.24) is 9.97 Å². The number of carbonyl (C=O) groups excluding carboxylic acids is 1. The van der Waals surface area contributed by atoms with Gasteiger partial charge in [0.15, 0.2) is 5.16 Å². The Hall–Kier alpha value is -2.08. The van der Waals surface area contributed by atoms with Gasteiger partial charge in [-0.15, -0.1) is 0 Å². The molecular weight excluding hydrogens is 298 g/mol. The molecule has 2 N–H and O–H groups in total. The number of thioether (sulfide) groups is 1. The Balaban J connectivity index is 2.00. The summed E-state index contributed by atoms with van der Waals surface area (Å²) in [7, 11) is 0. The van der Waals surface area contributed by atoms with Crippen molar-refractivity contribution in [3.63, 3.8) is 0 Å². The third kappa shape index (κ3) is 4.46. The topological polar surface area (TPSA) is 74.8 Å². The summed E-state index contributed by atoms with van der Waals surface area (Å²) in [6, 6.07) is 9.19. The number of nitrogens with one attached hydrogen (secondary N) is 2. The Morgan fingerprint density at radius 1 is 1.36 bits per heavy atom. The number of aryl methyl sites for hydroxylation is 2. The van der Waals surface area contributed by atoms with Crippen molar-refractivity contribution in [3.8, 4) is 0 Å². The number of H-pyrrole nitrogens is 1. The standard InChI is InChI=1S/C16H19N3O2S/c1-4-12-5-7-13(8-6-12)18-15(21)11(3)22-16-17-10(2)9-14(20)19-16/h5-9,11H,4H2,1-3H3,(H,18,21)(H,17,19,20)/t11-/m1/s1. The van der Waals surface area contributed by atoms with Gasteiger partial charge in [-0.05, 0) is 38.0 Å². The minimum absolute atomic E-state index is 0.126. The van der Waals surface area contributed by atoms with E-state index in [1.165, 1.54) is 23.4 Å². The molecule has 1 amide bonds. The zero-order valence-corrected chi connectivity index (χ0v) is 13.7. The van der Waals surface area contributed by atoms with Crippen LogP contribution in [0.3, 0.4) is 0 Å². The van der Waals surface area contributed by atoms with Gasteiger partial charge in [-0.2, -0.15) is 0 Å². The quantitative estimate of drug-likeness (QED) is 0.657. The number of carbonyl (C=O) groups is 1. The van der Waals surface area contributed by atoms with Crippen LogP contribution in [-0.2, 0) is 11.2 Å². The van der Waals surface area contributed by atoms with Crippen molar-refractivity contribution < 1.29 is 4.79 Å². The van der Waals surface area contributed by atoms with Crippen molar-refractivity contribution in [2.45, 2.75) is 37.6 Å². The van der Waals surface area contributed by atoms with Crippen LogP contribution in [0.15, 0.2) is 40.3 Å². The summed E-state index contributed by atoms with van der Waals surface area (Å²) in [6.07, 6.45) is 0.965. The second kappa shape index (κ2) is 7.26. The molecule has 0 fully saturated rings. The first kappa shape index (κ1) is 16.3. The molecule has 2 aromatic rings. The number of anilines is 1. The summed E-state index contributed by atoms with van der Waals surface area (Å²) in [4.78, 5) is 30.4. The SMILES string of the molecule is CCc1ccc(NC(=O)[C@@H](C)Sc2nc(C)cc(=O)[nH]2)cc1. The summed E-state index contributed by atoms with van der Waals surface area (Å²) in [6.45, 7) is 5.62. The van der Waals surface area contributed by atoms with Crippen LogP contribution in [0.2, 0.25) is 0 Å². The lowest BCUT2D eigenvalue weighted by Crippen LogP contribution is -2.23. The fourth-order valence-corrected chi connectivity index (χ4v) is 2.75. The van der Waals surface area contributed by atoms with Gasteiger partial charge in [-0.25, -0.2) is 4.98 Å². The average Bonchev–Trinajstić information content (AvgIpc) is 2.46. The predicted molar refractivity (Wildman–Crippen MR) is 89.4 cm³/mol. The highest BCUT2D eigenvalue weighted by Gasteiger charge is 2.16. The molecule has 0 spiro atoms. The third-order valence-corrected chi connectivity index (χ3v) is 4.12. The maximum absolute atomic E-state index is 12.2. The summed E-state index contributed by atoms with van der Waals surface area (Å²) in [5, 5.41) is 2.95. The van der Waals surface area contributed by atoms with Crippen LogP contribution in [0, 0.1) is 6.92 Å². The van der Waals surface area contributed by atoms with Crippen LogP contribution in [0.4, 0.5) is 5.69 Å². The van der Waals surface area contributed by atoms with Gasteiger partial charge >= 0.3 is 0 Å². The van der Waals surface area contributed by atoms with Crippen molar-refractivity contribution in [2.75, 3.05) is 5.32 Å². The van der Waals surface area contributed by atoms with E-state index in [2.05, 4.69) is 22.2 Å². The van der Waals surface area contributed by atoms with Crippen LogP contribution < -0.4 is 10.9 Å². The van der Waals surface area contributed by atoms with Gasteiger partial charge in [0, 0.05) is 17.4 Å². The van der Waals surface area contributed by atoms with Crippen LogP contribution in [0.5, 0.6) is 0 Å². The van der Waals surface area contributed by atoms with E-state index in [1.807, 2.05) is 24.3 Å². The number of hydrogen-bond acceptors (Lipinski definition) is 4. The van der Waals surface area contributed by atoms with E-state index in [9.17, 15) is 9.59 Å². The molecule has 22 heavy (non-hydrogen) atoms. The van der Waals surface area contributed by atoms with E-state index in [0.717, 1.165) is 12.1 Å². The first-order valence-corrected chi connectivity index (χ1v) is 8.00. The Morgan fingerprint density at radius 3 is 2.64 bits per heavy atom. The molecule has 0 saturated heterocycles. The predicted octanol–water partition coefficient (Wildman–Crippen LogP) is 2.76. The van der Waals surface area contributed by atoms with Crippen molar-refractivity contribution in [2.24, 2.45) is 0 Å². The molecule has 1 aromatic carbocycles. The molecule has 0 aliphatic heterocycles. The van der Waals surface area contributed by atoms with Crippen LogP contribution in [-0.4, -0.2) is 21.1 Å². The van der Waals surface area contributed by atoms with Gasteiger partial charge in [-0.3, -0.25) is 9.59 Å². The largest absolute Gasteiger partial charge is 0.325 e. The molecule has 6 heteroatoms. The summed E-state index contributed by atoms with van der Waals surface area (Å²) in [5.41, 5.74) is 2.41. The van der Waals surface area contributed by atoms with Gasteiger partial charge in [0.1, 0.15) is 0 Å². The number of nitrogens with zero attached hydrogens (tertiary/aromatic N) is 1. The van der Waals surface area contributed by atoms with Crippen LogP contribution in [0.25, 0.3) is 0 Å². The fraction of sp³-hybridized carbons (Fsp3) is 0.312. The number of aromatic amines is 1. The molecule has 116 valence electrons. The number of amides is 1. The molecule has 2 rings (SSSR count). The molecule has 0 aliphatic rings. The smallest absolute Gasteiger partial charge is 0.251 e. The zero-order chi connectivity index (χ0) is 16.1. The molecule has 5 nitrogen and oxygen atoms in total. The van der Waals surface area contributed by atoms with E-state index < -0.39 is 0 Å². The number of aromatic nitrogens is 2. The minimum Gasteiger partial charge on any atom is -0.325 e. The Kier molecular flexibility index (Phi) is 5.38. The van der Waals surface area contributed by atoms with Gasteiger partial charge in [-0.1, -0.05) is 30.8 Å². The highest BCUT2D eigenvalue weighted by molar-refractivity contribution is 8.00. The van der Waals surface area contributed by atoms with E-state index in [1.54, 1.807) is 13.8 Å². The second-order valence-electron chi connectivity index (χ2n) is 4.99. The maximum atomic E-state index is 12.2. The number of rotatable bonds is 5. The Bertz CT molecular complexity index is 710. The molecule has 1 atom stereocenters. The summed E-state index contributed by atoms with van der Waals surface area (Å²) < 4.78 is 0. The minimum atomic E-state index is -0.365. The van der Waals surface area contributed by atoms with Gasteiger partial charge < -0.3 is 10.3 Å². The van der Waals surface area contributed by atoms with Crippen LogP contribution in [0.1, 0.15) is 25.1 Å². The highest BCUT2D eigenvalue weighted by Crippen LogP contribution is 2.20. The van der Waals surface area contributed by atoms with Gasteiger partial charge in [0.05, 0.1) is 5.25 Å². The van der Waals surface area contributed by atoms with Crippen LogP contribution >= 0.6 is 11.8 Å². The summed E-state index contributed by atoms with van der Waals surface area (Å²) >= 11 is 1.23. The summed E-state index contributed by atoms with van der Waals surface area (Å²) in [5.74, 6) is -0.126. The van der Waals surface area contributed by atoms with E-state index >= 15 is 0 Å². The second-order valence-corrected chi connectivity index (χ2v) is 6.32. The Labute approximate surface area is 133 Å². The molecule has 0 bridgehead atoms. The Morgan fingerprint density at radius 2 is 2.05 bits per heavy atom. The third-order valence-electron chi connectivity index (χ3n) is 3.14. The normalized spacial score (nSPS) is 12.0. The van der Waals surface area contributed by atoms with Crippen molar-refractivity contribution in [3.05, 3.63) is 51.9 Å². The van der Waals surface area contributed by atoms with Gasteiger partial charge in [0.25, 0.3) is 5.56 Å². The van der Waals surface area contributed by atoms with E-state index in [4.69, 9.17) is 0 Å². The van der Waals surface area contributed by atoms with Gasteiger partial charge in [0.2, 0.25) is 5.91 Å². The lowest BCUT2D eigenvalue weighted by atomic mass is 10.1. The maximum Gasteiger partial charge on any atom is 0.251 e. The van der Waals surface area contributed by atoms with E-state index in [0.29, 0.717) is 10.9 Å². The monoisotopic (exact) mass is 317 g/mol. The average molecular weight is 317 g/mol. The molecule has 0 radical (unpaired) electrons. The lowest BCUT2D eigenvalue weighted by molar-refractivity contribution is -0.115. The fourth-order valence-electron chi connectivity index (χ4n) is 1.90. The zero-order valence-electron chi connectivity index (χ0n) is 12.8. The first-order valence-electron chi connectivity index (χ1n) is 7.12. The van der Waals surface area contributed by atoms with Crippen molar-refractivity contribution >= 4 is 23.4 Å². The molecule has 0 unspecified atom stereocenters. The number of hydrogen-bond donors (Lipinski definition) is 2. The van der Waals surface area contributed by atoms with Crippen molar-refractivity contribution in [1.29, 1.82) is 0 Å². The van der Waals surface area contributed by atoms with E-state index in [-0.39, 0.29) is 16.7 Å². The molecule has 0 aliphatic carbocycles. The molecular formula is C16H19N3O2S. The lowest BCUT2D eigenvalue weighted by Gasteiger charge is -2.11. The number of benzene rings is 1. The first-order chi connectivity index (χ1) is 10.5. The molecule has 0 saturated carbocycles. The molecule has 1 heterocycles. The molecule has 1 aromatic heterocycles. The highest BCUT2D eigenvalue weighted by atomic mass is 32.2.